The van der Waals surface area contributed by atoms with Crippen LogP contribution in [0.2, 0.25) is 0 Å². The maximum Gasteiger partial charge on any atom is 0.435 e. The molecule has 0 bridgehead atoms. The SMILES string of the molecule is Cn1cc(-c2ccc3nc(NC(=O)[C@H]4CCc5ccccc5O4)nn3c2)c(C(F)(F)F)n1. The molecule has 1 N–H and O–H groups in total. The van der Waals surface area contributed by atoms with Crippen LogP contribution in [0.4, 0.5) is 19.1 Å². The number of carbonyl (C=O) groups is 1. The molecule has 4 aromatic rings. The van der Waals surface area contributed by atoms with Gasteiger partial charge in [-0.25, -0.2) is 4.52 Å². The minimum atomic E-state index is -4.59. The smallest absolute Gasteiger partial charge is 0.435 e. The van der Waals surface area contributed by atoms with Gasteiger partial charge in [-0.05, 0) is 36.6 Å². The van der Waals surface area contributed by atoms with Crippen molar-refractivity contribution in [1.82, 2.24) is 24.4 Å². The van der Waals surface area contributed by atoms with Crippen molar-refractivity contribution in [1.29, 1.82) is 0 Å². The Labute approximate surface area is 179 Å². The number of benzene rings is 1. The third-order valence-electron chi connectivity index (χ3n) is 5.18. The minimum Gasteiger partial charge on any atom is -0.480 e. The van der Waals surface area contributed by atoms with Gasteiger partial charge >= 0.3 is 6.18 Å². The molecule has 0 unspecified atom stereocenters. The number of anilines is 1. The fourth-order valence-electron chi connectivity index (χ4n) is 3.70. The quantitative estimate of drug-likeness (QED) is 0.525. The summed E-state index contributed by atoms with van der Waals surface area (Å²) in [7, 11) is 1.42. The van der Waals surface area contributed by atoms with Gasteiger partial charge in [-0.3, -0.25) is 14.8 Å². The molecule has 11 heteroatoms. The first-order valence-corrected chi connectivity index (χ1v) is 9.81. The number of aromatic nitrogens is 5. The van der Waals surface area contributed by atoms with E-state index in [1.807, 2.05) is 24.3 Å². The molecular weight excluding hydrogens is 425 g/mol. The second-order valence-corrected chi connectivity index (χ2v) is 7.46. The van der Waals surface area contributed by atoms with E-state index in [0.29, 0.717) is 24.2 Å². The minimum absolute atomic E-state index is 0.0387. The highest BCUT2D eigenvalue weighted by atomic mass is 19.4. The van der Waals surface area contributed by atoms with Gasteiger partial charge in [-0.1, -0.05) is 18.2 Å². The zero-order valence-corrected chi connectivity index (χ0v) is 16.8. The summed E-state index contributed by atoms with van der Waals surface area (Å²) in [5.74, 6) is 0.322. The Morgan fingerprint density at radius 2 is 1.97 bits per heavy atom. The number of alkyl halides is 3. The Hall–Kier alpha value is -3.89. The summed E-state index contributed by atoms with van der Waals surface area (Å²) in [6, 6.07) is 10.6. The molecule has 4 heterocycles. The Morgan fingerprint density at radius 1 is 1.16 bits per heavy atom. The van der Waals surface area contributed by atoms with Crippen LogP contribution in [0.25, 0.3) is 16.8 Å². The van der Waals surface area contributed by atoms with Crippen LogP contribution in [0.3, 0.4) is 0 Å². The standard InChI is InChI=1S/C21H17F3N6O2/c1-29-11-14(18(27-29)21(22,23)24)13-7-9-17-25-20(28-30(17)10-13)26-19(31)16-8-6-12-4-2-3-5-15(12)32-16/h2-5,7,9-11,16H,6,8H2,1H3,(H,26,28,31)/t16-/m1/s1. The molecule has 1 aliphatic rings. The molecular formula is C21H17F3N6O2. The fraction of sp³-hybridized carbons (Fsp3) is 0.238. The fourth-order valence-corrected chi connectivity index (χ4v) is 3.70. The average Bonchev–Trinajstić information content (AvgIpc) is 3.35. The lowest BCUT2D eigenvalue weighted by atomic mass is 10.0. The predicted octanol–water partition coefficient (Wildman–Crippen LogP) is 3.48. The molecule has 3 aromatic heterocycles. The lowest BCUT2D eigenvalue weighted by molar-refractivity contribution is -0.141. The number of amides is 1. The van der Waals surface area contributed by atoms with Crippen molar-refractivity contribution in [2.75, 3.05) is 5.32 Å². The van der Waals surface area contributed by atoms with Gasteiger partial charge < -0.3 is 4.74 Å². The summed E-state index contributed by atoms with van der Waals surface area (Å²) >= 11 is 0. The molecule has 164 valence electrons. The molecule has 1 aliphatic heterocycles. The van der Waals surface area contributed by atoms with Crippen molar-refractivity contribution < 1.29 is 22.7 Å². The largest absolute Gasteiger partial charge is 0.480 e. The number of nitrogens with zero attached hydrogens (tertiary/aromatic N) is 5. The predicted molar refractivity (Wildman–Crippen MR) is 108 cm³/mol. The van der Waals surface area contributed by atoms with E-state index in [0.717, 1.165) is 10.2 Å². The van der Waals surface area contributed by atoms with Crippen LogP contribution in [0.15, 0.2) is 48.8 Å². The first-order chi connectivity index (χ1) is 15.3. The highest BCUT2D eigenvalue weighted by molar-refractivity contribution is 5.93. The van der Waals surface area contributed by atoms with Gasteiger partial charge in [0.25, 0.3) is 5.91 Å². The average molecular weight is 442 g/mol. The maximum absolute atomic E-state index is 13.3. The molecule has 1 aromatic carbocycles. The van der Waals surface area contributed by atoms with Gasteiger partial charge in [0.1, 0.15) is 5.75 Å². The van der Waals surface area contributed by atoms with Gasteiger partial charge in [0.05, 0.1) is 0 Å². The number of para-hydroxylation sites is 1. The van der Waals surface area contributed by atoms with Crippen molar-refractivity contribution in [3.63, 3.8) is 0 Å². The number of fused-ring (bicyclic) bond motifs is 2. The van der Waals surface area contributed by atoms with Crippen LogP contribution in [0.1, 0.15) is 17.7 Å². The van der Waals surface area contributed by atoms with E-state index >= 15 is 0 Å². The first kappa shape index (κ1) is 20.0. The second-order valence-electron chi connectivity index (χ2n) is 7.46. The molecule has 0 fully saturated rings. The van der Waals surface area contributed by atoms with Crippen LogP contribution < -0.4 is 10.1 Å². The number of hydrogen-bond acceptors (Lipinski definition) is 5. The van der Waals surface area contributed by atoms with E-state index in [1.54, 1.807) is 0 Å². The Morgan fingerprint density at radius 3 is 2.78 bits per heavy atom. The number of hydrogen-bond donors (Lipinski definition) is 1. The molecule has 0 spiro atoms. The van der Waals surface area contributed by atoms with Gasteiger partial charge in [-0.15, -0.1) is 5.10 Å². The summed E-state index contributed by atoms with van der Waals surface area (Å²) in [5, 5.41) is 10.3. The van der Waals surface area contributed by atoms with E-state index in [1.165, 1.54) is 36.1 Å². The molecule has 32 heavy (non-hydrogen) atoms. The molecule has 5 rings (SSSR count). The van der Waals surface area contributed by atoms with Gasteiger partial charge in [0.15, 0.2) is 17.4 Å². The molecule has 1 atom stereocenters. The monoisotopic (exact) mass is 442 g/mol. The second kappa shape index (κ2) is 7.36. The molecule has 0 saturated heterocycles. The van der Waals surface area contributed by atoms with Crippen molar-refractivity contribution in [2.24, 2.45) is 7.05 Å². The van der Waals surface area contributed by atoms with E-state index in [9.17, 15) is 18.0 Å². The van der Waals surface area contributed by atoms with Crippen molar-refractivity contribution in [3.8, 4) is 16.9 Å². The Kier molecular flexibility index (Phi) is 4.61. The van der Waals surface area contributed by atoms with E-state index in [4.69, 9.17) is 4.74 Å². The van der Waals surface area contributed by atoms with Crippen LogP contribution in [-0.2, 0) is 24.4 Å². The van der Waals surface area contributed by atoms with Crippen molar-refractivity contribution in [2.45, 2.75) is 25.1 Å². The van der Waals surface area contributed by atoms with Gasteiger partial charge in [0.2, 0.25) is 5.95 Å². The van der Waals surface area contributed by atoms with E-state index < -0.39 is 18.0 Å². The summed E-state index contributed by atoms with van der Waals surface area (Å²) in [5.41, 5.74) is 0.632. The van der Waals surface area contributed by atoms with Gasteiger partial charge in [-0.2, -0.15) is 23.3 Å². The number of pyridine rings is 1. The molecule has 8 nitrogen and oxygen atoms in total. The zero-order chi connectivity index (χ0) is 22.5. The summed E-state index contributed by atoms with van der Waals surface area (Å²) in [6.45, 7) is 0. The molecule has 0 aliphatic carbocycles. The highest BCUT2D eigenvalue weighted by Gasteiger charge is 2.37. The number of ether oxygens (including phenoxy) is 1. The van der Waals surface area contributed by atoms with Crippen molar-refractivity contribution >= 4 is 17.5 Å². The van der Waals surface area contributed by atoms with Crippen LogP contribution in [0, 0.1) is 0 Å². The lowest BCUT2D eigenvalue weighted by Gasteiger charge is -2.24. The zero-order valence-electron chi connectivity index (χ0n) is 16.8. The first-order valence-electron chi connectivity index (χ1n) is 9.81. The number of carbonyl (C=O) groups excluding carboxylic acids is 1. The van der Waals surface area contributed by atoms with Gasteiger partial charge in [0, 0.05) is 30.6 Å². The lowest BCUT2D eigenvalue weighted by Crippen LogP contribution is -2.36. The normalized spacial score (nSPS) is 15.9. The van der Waals surface area contributed by atoms with Crippen LogP contribution in [-0.4, -0.2) is 36.4 Å². The third-order valence-corrected chi connectivity index (χ3v) is 5.18. The maximum atomic E-state index is 13.3. The number of halogens is 3. The molecule has 0 radical (unpaired) electrons. The number of nitrogens with one attached hydrogen (secondary N) is 1. The topological polar surface area (TPSA) is 86.3 Å². The summed E-state index contributed by atoms with van der Waals surface area (Å²) in [4.78, 5) is 16.9. The summed E-state index contributed by atoms with van der Waals surface area (Å²) in [6.07, 6.45) is -1.34. The molecule has 0 saturated carbocycles. The van der Waals surface area contributed by atoms with E-state index in [-0.39, 0.29) is 23.0 Å². The molecule has 1 amide bonds. The Bertz CT molecular complexity index is 1330. The highest BCUT2D eigenvalue weighted by Crippen LogP contribution is 2.36. The number of rotatable bonds is 3. The van der Waals surface area contributed by atoms with Crippen LogP contribution >= 0.6 is 0 Å². The Balaban J connectivity index is 1.38. The third kappa shape index (κ3) is 3.66. The van der Waals surface area contributed by atoms with Crippen LogP contribution in [0.5, 0.6) is 5.75 Å². The van der Waals surface area contributed by atoms with E-state index in [2.05, 4.69) is 20.5 Å². The number of aryl methyl sites for hydroxylation is 2. The van der Waals surface area contributed by atoms with Crippen molar-refractivity contribution in [3.05, 3.63) is 60.0 Å². The summed E-state index contributed by atoms with van der Waals surface area (Å²) < 4.78 is 48.1.